The van der Waals surface area contributed by atoms with Gasteiger partial charge in [-0.05, 0) is 33.6 Å². The van der Waals surface area contributed by atoms with Gasteiger partial charge in [-0.25, -0.2) is 0 Å². The van der Waals surface area contributed by atoms with Crippen LogP contribution in [-0.4, -0.2) is 96.0 Å². The molecule has 0 atom stereocenters. The van der Waals surface area contributed by atoms with Crippen LogP contribution in [0.15, 0.2) is 4.99 Å². The molecule has 1 N–H and O–H groups in total. The summed E-state index contributed by atoms with van der Waals surface area (Å²) in [5, 5.41) is 3.47. The van der Waals surface area contributed by atoms with Crippen molar-refractivity contribution >= 4 is 23.6 Å². The lowest BCUT2D eigenvalue weighted by atomic mass is 9.84. The van der Waals surface area contributed by atoms with Crippen molar-refractivity contribution in [3.8, 4) is 0 Å². The Hall–Kier alpha value is -0.950. The molecule has 0 radical (unpaired) electrons. The first kappa shape index (κ1) is 20.8. The number of nitrogens with zero attached hydrogens (tertiary/aromatic N) is 4. The minimum atomic E-state index is 0.289. The van der Waals surface area contributed by atoms with E-state index in [2.05, 4.69) is 52.5 Å². The van der Waals surface area contributed by atoms with Crippen molar-refractivity contribution in [2.45, 2.75) is 44.8 Å². The summed E-state index contributed by atoms with van der Waals surface area (Å²) in [6, 6.07) is 0. The second-order valence-corrected chi connectivity index (χ2v) is 10.4. The molecule has 1 amide bonds. The Morgan fingerprint density at radius 1 is 1.15 bits per heavy atom. The summed E-state index contributed by atoms with van der Waals surface area (Å²) in [4.78, 5) is 24.2. The Kier molecular flexibility index (Phi) is 7.31. The van der Waals surface area contributed by atoms with E-state index in [-0.39, 0.29) is 4.75 Å². The van der Waals surface area contributed by atoms with Gasteiger partial charge in [0.05, 0.1) is 6.54 Å². The van der Waals surface area contributed by atoms with Crippen LogP contribution in [0.4, 0.5) is 0 Å². The highest BCUT2D eigenvalue weighted by atomic mass is 32.2. The lowest BCUT2D eigenvalue weighted by molar-refractivity contribution is -0.139. The highest BCUT2D eigenvalue weighted by molar-refractivity contribution is 8.00. The summed E-state index contributed by atoms with van der Waals surface area (Å²) in [7, 11) is 0. The SMILES string of the molecule is CCNC(=NCCN1CCN(C(=O)C2CCC2)CC1)N1CCSC(C)(C)C1. The van der Waals surface area contributed by atoms with Crippen LogP contribution in [0.1, 0.15) is 40.0 Å². The smallest absolute Gasteiger partial charge is 0.225 e. The van der Waals surface area contributed by atoms with Gasteiger partial charge >= 0.3 is 0 Å². The largest absolute Gasteiger partial charge is 0.357 e. The van der Waals surface area contributed by atoms with E-state index in [1.165, 1.54) is 6.42 Å². The van der Waals surface area contributed by atoms with E-state index in [1.54, 1.807) is 0 Å². The van der Waals surface area contributed by atoms with Gasteiger partial charge in [-0.3, -0.25) is 14.7 Å². The topological polar surface area (TPSA) is 51.2 Å². The quantitative estimate of drug-likeness (QED) is 0.567. The van der Waals surface area contributed by atoms with Crippen molar-refractivity contribution in [1.82, 2.24) is 20.0 Å². The van der Waals surface area contributed by atoms with Crippen molar-refractivity contribution in [1.29, 1.82) is 0 Å². The summed E-state index contributed by atoms with van der Waals surface area (Å²) in [6.45, 7) is 15.3. The standard InChI is InChI=1S/C20H37N5OS/c1-4-21-19(25-14-15-27-20(2,3)16-25)22-8-9-23-10-12-24(13-11-23)18(26)17-6-5-7-17/h17H,4-16H2,1-3H3,(H,21,22). The molecular formula is C20H37N5OS. The Labute approximate surface area is 169 Å². The van der Waals surface area contributed by atoms with Crippen molar-refractivity contribution in [2.75, 3.05) is 64.7 Å². The van der Waals surface area contributed by atoms with Gasteiger partial charge in [-0.15, -0.1) is 0 Å². The van der Waals surface area contributed by atoms with E-state index >= 15 is 0 Å². The Morgan fingerprint density at radius 3 is 2.48 bits per heavy atom. The maximum atomic E-state index is 12.4. The third kappa shape index (κ3) is 5.76. The van der Waals surface area contributed by atoms with Gasteiger partial charge in [0, 0.05) is 68.8 Å². The normalized spacial score (nSPS) is 24.6. The molecule has 0 spiro atoms. The summed E-state index contributed by atoms with van der Waals surface area (Å²) in [5.74, 6) is 2.95. The molecule has 0 aromatic carbocycles. The summed E-state index contributed by atoms with van der Waals surface area (Å²) < 4.78 is 0.289. The zero-order chi connectivity index (χ0) is 19.3. The second kappa shape index (κ2) is 9.50. The number of piperazine rings is 1. The molecule has 27 heavy (non-hydrogen) atoms. The van der Waals surface area contributed by atoms with Crippen LogP contribution >= 0.6 is 11.8 Å². The number of rotatable bonds is 5. The molecule has 0 aromatic heterocycles. The maximum absolute atomic E-state index is 12.4. The number of hydrogen-bond donors (Lipinski definition) is 1. The highest BCUT2D eigenvalue weighted by Crippen LogP contribution is 2.29. The number of thioether (sulfide) groups is 1. The molecule has 1 saturated carbocycles. The van der Waals surface area contributed by atoms with Gasteiger partial charge in [-0.2, -0.15) is 11.8 Å². The molecule has 3 rings (SSSR count). The summed E-state index contributed by atoms with van der Waals surface area (Å²) >= 11 is 2.05. The zero-order valence-corrected chi connectivity index (χ0v) is 18.2. The average molecular weight is 396 g/mol. The molecule has 3 fully saturated rings. The second-order valence-electron chi connectivity index (χ2n) is 8.56. The van der Waals surface area contributed by atoms with Crippen LogP contribution in [0, 0.1) is 5.92 Å². The summed E-state index contributed by atoms with van der Waals surface area (Å²) in [5.41, 5.74) is 0. The van der Waals surface area contributed by atoms with Gasteiger partial charge in [0.25, 0.3) is 0 Å². The number of carbonyl (C=O) groups excluding carboxylic acids is 1. The molecule has 3 aliphatic rings. The van der Waals surface area contributed by atoms with Gasteiger partial charge in [-0.1, -0.05) is 6.42 Å². The number of aliphatic imine (C=N–C) groups is 1. The lowest BCUT2D eigenvalue weighted by Gasteiger charge is -2.39. The van der Waals surface area contributed by atoms with Crippen LogP contribution < -0.4 is 5.32 Å². The Balaban J connectivity index is 1.43. The van der Waals surface area contributed by atoms with Gasteiger partial charge in [0.15, 0.2) is 5.96 Å². The number of guanidine groups is 1. The number of amides is 1. The minimum Gasteiger partial charge on any atom is -0.357 e. The fourth-order valence-electron chi connectivity index (χ4n) is 4.03. The third-order valence-electron chi connectivity index (χ3n) is 5.88. The van der Waals surface area contributed by atoms with Crippen molar-refractivity contribution in [3.63, 3.8) is 0 Å². The van der Waals surface area contributed by atoms with Crippen molar-refractivity contribution in [3.05, 3.63) is 0 Å². The number of hydrogen-bond acceptors (Lipinski definition) is 4. The predicted octanol–water partition coefficient (Wildman–Crippen LogP) is 1.72. The van der Waals surface area contributed by atoms with E-state index in [0.29, 0.717) is 11.8 Å². The van der Waals surface area contributed by atoms with E-state index < -0.39 is 0 Å². The molecule has 2 heterocycles. The molecule has 2 aliphatic heterocycles. The zero-order valence-electron chi connectivity index (χ0n) is 17.4. The van der Waals surface area contributed by atoms with Crippen LogP contribution in [0.2, 0.25) is 0 Å². The van der Waals surface area contributed by atoms with Crippen LogP contribution in [0.3, 0.4) is 0 Å². The van der Waals surface area contributed by atoms with E-state index in [4.69, 9.17) is 4.99 Å². The van der Waals surface area contributed by atoms with Crippen LogP contribution in [0.25, 0.3) is 0 Å². The average Bonchev–Trinajstić information content (AvgIpc) is 2.59. The first-order valence-electron chi connectivity index (χ1n) is 10.7. The van der Waals surface area contributed by atoms with Crippen LogP contribution in [-0.2, 0) is 4.79 Å². The van der Waals surface area contributed by atoms with Gasteiger partial charge in [0.2, 0.25) is 5.91 Å². The maximum Gasteiger partial charge on any atom is 0.225 e. The van der Waals surface area contributed by atoms with Crippen molar-refractivity contribution in [2.24, 2.45) is 10.9 Å². The van der Waals surface area contributed by atoms with E-state index in [0.717, 1.165) is 83.5 Å². The van der Waals surface area contributed by atoms with Crippen LogP contribution in [0.5, 0.6) is 0 Å². The molecule has 154 valence electrons. The first-order valence-corrected chi connectivity index (χ1v) is 11.7. The minimum absolute atomic E-state index is 0.289. The van der Waals surface area contributed by atoms with Crippen molar-refractivity contribution < 1.29 is 4.79 Å². The highest BCUT2D eigenvalue weighted by Gasteiger charge is 2.31. The lowest BCUT2D eigenvalue weighted by Crippen LogP contribution is -2.52. The van der Waals surface area contributed by atoms with Gasteiger partial charge < -0.3 is 15.1 Å². The third-order valence-corrected chi connectivity index (χ3v) is 7.17. The predicted molar refractivity (Wildman–Crippen MR) is 114 cm³/mol. The number of carbonyl (C=O) groups is 1. The fourth-order valence-corrected chi connectivity index (χ4v) is 5.14. The molecule has 0 aromatic rings. The molecule has 7 heteroatoms. The molecule has 1 aliphatic carbocycles. The fraction of sp³-hybridized carbons (Fsp3) is 0.900. The molecular weight excluding hydrogens is 358 g/mol. The van der Waals surface area contributed by atoms with E-state index in [1.807, 2.05) is 0 Å². The Morgan fingerprint density at radius 2 is 1.89 bits per heavy atom. The van der Waals surface area contributed by atoms with E-state index in [9.17, 15) is 4.79 Å². The molecule has 6 nitrogen and oxygen atoms in total. The molecule has 0 bridgehead atoms. The first-order chi connectivity index (χ1) is 13.0. The number of nitrogens with one attached hydrogen (secondary N) is 1. The molecule has 0 unspecified atom stereocenters. The summed E-state index contributed by atoms with van der Waals surface area (Å²) in [6.07, 6.45) is 3.44. The Bertz CT molecular complexity index is 526. The molecule has 2 saturated heterocycles. The monoisotopic (exact) mass is 395 g/mol. The van der Waals surface area contributed by atoms with Gasteiger partial charge in [0.1, 0.15) is 0 Å².